The van der Waals surface area contributed by atoms with Crippen LogP contribution in [0, 0.1) is 18.3 Å². The van der Waals surface area contributed by atoms with Gasteiger partial charge in [0.25, 0.3) is 0 Å². The first kappa shape index (κ1) is 18.2. The van der Waals surface area contributed by atoms with Crippen molar-refractivity contribution in [2.45, 2.75) is 11.9 Å². The molecule has 0 radical (unpaired) electrons. The van der Waals surface area contributed by atoms with E-state index in [0.717, 1.165) is 16.1 Å². The third kappa shape index (κ3) is 3.96. The van der Waals surface area contributed by atoms with Crippen LogP contribution >= 0.6 is 23.1 Å². The van der Waals surface area contributed by atoms with Crippen LogP contribution < -0.4 is 4.74 Å². The van der Waals surface area contributed by atoms with Crippen molar-refractivity contribution in [3.63, 3.8) is 0 Å². The molecule has 130 valence electrons. The Morgan fingerprint density at radius 2 is 2.15 bits per heavy atom. The highest BCUT2D eigenvalue weighted by atomic mass is 32.2. The summed E-state index contributed by atoms with van der Waals surface area (Å²) in [5, 5.41) is 12.2. The zero-order valence-corrected chi connectivity index (χ0v) is 16.0. The van der Waals surface area contributed by atoms with Crippen LogP contribution in [-0.4, -0.2) is 23.6 Å². The summed E-state index contributed by atoms with van der Waals surface area (Å²) in [7, 11) is 1.57. The van der Waals surface area contributed by atoms with E-state index >= 15 is 0 Å². The fourth-order valence-electron chi connectivity index (χ4n) is 2.50. The number of rotatable bonds is 6. The molecule has 0 aliphatic heterocycles. The first-order valence-corrected chi connectivity index (χ1v) is 9.74. The standard InChI is InChI=1S/C20H16N2O2S2/c1-13-9-16(19-7-4-8-25-19)17(11-21)20(22-13)26-12-18(23)14-5-3-6-15(10-14)24-2/h3-10H,12H2,1-2H3. The molecule has 0 unspecified atom stereocenters. The van der Waals surface area contributed by atoms with Gasteiger partial charge in [-0.05, 0) is 36.6 Å². The number of hydrogen-bond acceptors (Lipinski definition) is 6. The summed E-state index contributed by atoms with van der Waals surface area (Å²) >= 11 is 2.87. The number of pyridine rings is 1. The zero-order chi connectivity index (χ0) is 18.5. The van der Waals surface area contributed by atoms with Gasteiger partial charge in [0.1, 0.15) is 16.8 Å². The maximum absolute atomic E-state index is 12.5. The molecule has 6 heteroatoms. The van der Waals surface area contributed by atoms with Gasteiger partial charge in [-0.15, -0.1) is 11.3 Å². The number of methoxy groups -OCH3 is 1. The molecule has 0 fully saturated rings. The van der Waals surface area contributed by atoms with Gasteiger partial charge in [-0.25, -0.2) is 4.98 Å². The highest BCUT2D eigenvalue weighted by Gasteiger charge is 2.16. The molecular weight excluding hydrogens is 364 g/mol. The van der Waals surface area contributed by atoms with Crippen molar-refractivity contribution in [2.24, 2.45) is 0 Å². The minimum absolute atomic E-state index is 0.0289. The second kappa shape index (κ2) is 8.17. The maximum atomic E-state index is 12.5. The number of Topliss-reactive ketones (excluding diaryl/α,β-unsaturated/α-hetero) is 1. The molecule has 1 aromatic carbocycles. The number of carbonyl (C=O) groups is 1. The third-order valence-corrected chi connectivity index (χ3v) is 5.62. The average molecular weight is 380 g/mol. The number of aryl methyl sites for hydroxylation is 1. The molecule has 2 heterocycles. The van der Waals surface area contributed by atoms with Crippen molar-refractivity contribution in [1.82, 2.24) is 4.98 Å². The van der Waals surface area contributed by atoms with Crippen LogP contribution in [0.3, 0.4) is 0 Å². The first-order valence-electron chi connectivity index (χ1n) is 7.88. The molecule has 0 aliphatic rings. The Labute approximate surface area is 160 Å². The van der Waals surface area contributed by atoms with Gasteiger partial charge >= 0.3 is 0 Å². The molecule has 26 heavy (non-hydrogen) atoms. The van der Waals surface area contributed by atoms with E-state index in [1.807, 2.05) is 30.5 Å². The first-order chi connectivity index (χ1) is 12.6. The fourth-order valence-corrected chi connectivity index (χ4v) is 4.19. The topological polar surface area (TPSA) is 63.0 Å². The third-order valence-electron chi connectivity index (χ3n) is 3.74. The highest BCUT2D eigenvalue weighted by Crippen LogP contribution is 2.33. The molecule has 0 atom stereocenters. The average Bonchev–Trinajstić information content (AvgIpc) is 3.20. The molecule has 0 spiro atoms. The van der Waals surface area contributed by atoms with Gasteiger partial charge in [0.05, 0.1) is 18.4 Å². The Morgan fingerprint density at radius 3 is 2.85 bits per heavy atom. The lowest BCUT2D eigenvalue weighted by atomic mass is 10.1. The predicted molar refractivity (Wildman–Crippen MR) is 105 cm³/mol. The van der Waals surface area contributed by atoms with Crippen LogP contribution in [0.1, 0.15) is 21.6 Å². The lowest BCUT2D eigenvalue weighted by Crippen LogP contribution is -2.04. The van der Waals surface area contributed by atoms with E-state index < -0.39 is 0 Å². The van der Waals surface area contributed by atoms with E-state index in [9.17, 15) is 10.1 Å². The number of nitrogens with zero attached hydrogens (tertiary/aromatic N) is 2. The van der Waals surface area contributed by atoms with Crippen LogP contribution in [-0.2, 0) is 0 Å². The van der Waals surface area contributed by atoms with Crippen molar-refractivity contribution in [2.75, 3.05) is 12.9 Å². The summed E-state index contributed by atoms with van der Waals surface area (Å²) in [6.07, 6.45) is 0. The van der Waals surface area contributed by atoms with Gasteiger partial charge in [-0.2, -0.15) is 5.26 Å². The van der Waals surface area contributed by atoms with Gasteiger partial charge in [-0.3, -0.25) is 4.79 Å². The molecule has 0 aliphatic carbocycles. The number of benzene rings is 1. The van der Waals surface area contributed by atoms with Gasteiger partial charge in [0.15, 0.2) is 5.78 Å². The van der Waals surface area contributed by atoms with Crippen LogP contribution in [0.15, 0.2) is 52.9 Å². The minimum atomic E-state index is -0.0289. The molecule has 3 aromatic rings. The molecule has 0 bridgehead atoms. The number of nitriles is 1. The monoisotopic (exact) mass is 380 g/mol. The molecule has 0 saturated carbocycles. The SMILES string of the molecule is COc1cccc(C(=O)CSc2nc(C)cc(-c3cccs3)c2C#N)c1. The van der Waals surface area contributed by atoms with Gasteiger partial charge in [0, 0.05) is 21.7 Å². The zero-order valence-electron chi connectivity index (χ0n) is 14.4. The Morgan fingerprint density at radius 1 is 1.31 bits per heavy atom. The number of ether oxygens (including phenoxy) is 1. The number of aromatic nitrogens is 1. The lowest BCUT2D eigenvalue weighted by molar-refractivity contribution is 0.102. The van der Waals surface area contributed by atoms with Gasteiger partial charge in [-0.1, -0.05) is 30.0 Å². The summed E-state index contributed by atoms with van der Waals surface area (Å²) in [6, 6.07) is 15.2. The van der Waals surface area contributed by atoms with Crippen LogP contribution in [0.4, 0.5) is 0 Å². The van der Waals surface area contributed by atoms with E-state index in [0.29, 0.717) is 21.9 Å². The summed E-state index contributed by atoms with van der Waals surface area (Å²) in [4.78, 5) is 18.0. The van der Waals surface area contributed by atoms with Crippen LogP contribution in [0.25, 0.3) is 10.4 Å². The van der Waals surface area contributed by atoms with Crippen molar-refractivity contribution in [3.05, 3.63) is 64.7 Å². The van der Waals surface area contributed by atoms with Crippen molar-refractivity contribution in [3.8, 4) is 22.3 Å². The molecular formula is C20H16N2O2S2. The Balaban J connectivity index is 1.86. The van der Waals surface area contributed by atoms with Crippen LogP contribution in [0.2, 0.25) is 0 Å². The molecule has 4 nitrogen and oxygen atoms in total. The van der Waals surface area contributed by atoms with E-state index in [1.54, 1.807) is 42.7 Å². The molecule has 3 rings (SSSR count). The smallest absolute Gasteiger partial charge is 0.173 e. The van der Waals surface area contributed by atoms with E-state index in [1.165, 1.54) is 11.8 Å². The summed E-state index contributed by atoms with van der Waals surface area (Å²) in [5.74, 6) is 0.827. The van der Waals surface area contributed by atoms with Crippen molar-refractivity contribution >= 4 is 28.9 Å². The largest absolute Gasteiger partial charge is 0.497 e. The number of thioether (sulfide) groups is 1. The highest BCUT2D eigenvalue weighted by molar-refractivity contribution is 8.00. The second-order valence-corrected chi connectivity index (χ2v) is 7.44. The lowest BCUT2D eigenvalue weighted by Gasteiger charge is -2.09. The Hall–Kier alpha value is -2.62. The summed E-state index contributed by atoms with van der Waals surface area (Å²) < 4.78 is 5.16. The number of carbonyl (C=O) groups excluding carboxylic acids is 1. The van der Waals surface area contributed by atoms with Crippen LogP contribution in [0.5, 0.6) is 5.75 Å². The second-order valence-electron chi connectivity index (χ2n) is 5.52. The van der Waals surface area contributed by atoms with Crippen molar-refractivity contribution in [1.29, 1.82) is 5.26 Å². The predicted octanol–water partition coefficient (Wildman–Crippen LogP) is 4.97. The molecule has 0 amide bonds. The Bertz CT molecular complexity index is 976. The fraction of sp³-hybridized carbons (Fsp3) is 0.150. The number of thiophene rings is 1. The minimum Gasteiger partial charge on any atom is -0.497 e. The van der Waals surface area contributed by atoms with Gasteiger partial charge in [0.2, 0.25) is 0 Å². The number of hydrogen-bond donors (Lipinski definition) is 0. The summed E-state index contributed by atoms with van der Waals surface area (Å²) in [6.45, 7) is 1.90. The normalized spacial score (nSPS) is 10.3. The number of ketones is 1. The maximum Gasteiger partial charge on any atom is 0.173 e. The van der Waals surface area contributed by atoms with E-state index in [2.05, 4.69) is 11.1 Å². The summed E-state index contributed by atoms with van der Waals surface area (Å²) in [5.41, 5.74) is 2.79. The van der Waals surface area contributed by atoms with E-state index in [4.69, 9.17) is 4.74 Å². The van der Waals surface area contributed by atoms with Crippen molar-refractivity contribution < 1.29 is 9.53 Å². The quantitative estimate of drug-likeness (QED) is 0.446. The van der Waals surface area contributed by atoms with Gasteiger partial charge < -0.3 is 4.74 Å². The molecule has 2 aromatic heterocycles. The molecule has 0 saturated heterocycles. The molecule has 0 N–H and O–H groups in total. The van der Waals surface area contributed by atoms with E-state index in [-0.39, 0.29) is 11.5 Å². The Kier molecular flexibility index (Phi) is 5.71.